The molecule has 0 amide bonds. The largest absolute Gasteiger partial charge is 0.389 e. The predicted molar refractivity (Wildman–Crippen MR) is 62.9 cm³/mol. The number of aryl methyl sites for hydroxylation is 1. The number of hydrogen-bond donors (Lipinski definition) is 2. The van der Waals surface area contributed by atoms with Crippen molar-refractivity contribution in [3.8, 4) is 0 Å². The molecule has 0 aliphatic carbocycles. The summed E-state index contributed by atoms with van der Waals surface area (Å²) in [6, 6.07) is 1.64. The molecular formula is C11H17F3N4. The van der Waals surface area contributed by atoms with Crippen LogP contribution in [0.4, 0.5) is 19.0 Å². The number of aromatic nitrogens is 2. The van der Waals surface area contributed by atoms with Crippen molar-refractivity contribution in [1.82, 2.24) is 9.97 Å². The number of halogens is 3. The number of hydrazine groups is 1. The molecule has 102 valence electrons. The number of rotatable bonds is 3. The average Bonchev–Trinajstić information content (AvgIpc) is 2.24. The fourth-order valence-corrected chi connectivity index (χ4v) is 1.32. The molecule has 0 atom stereocenters. The maximum atomic E-state index is 12.2. The standard InChI is InChI=1S/C11H17F3N4/c1-10(2,3)7-6-9(18-15)17-8(16-7)4-5-11(12,13)14/h6H,4-5,15H2,1-3H3,(H,16,17,18). The van der Waals surface area contributed by atoms with Gasteiger partial charge in [-0.25, -0.2) is 15.8 Å². The maximum absolute atomic E-state index is 12.2. The molecule has 0 bridgehead atoms. The van der Waals surface area contributed by atoms with Gasteiger partial charge in [0, 0.05) is 17.9 Å². The van der Waals surface area contributed by atoms with Crippen LogP contribution in [0.15, 0.2) is 6.07 Å². The Bertz CT molecular complexity index is 410. The molecule has 0 saturated carbocycles. The van der Waals surface area contributed by atoms with Gasteiger partial charge in [-0.05, 0) is 0 Å². The van der Waals surface area contributed by atoms with E-state index < -0.39 is 12.6 Å². The van der Waals surface area contributed by atoms with Crippen molar-refractivity contribution in [1.29, 1.82) is 0 Å². The van der Waals surface area contributed by atoms with E-state index in [1.165, 1.54) is 0 Å². The number of nitrogens with two attached hydrogens (primary N) is 1. The summed E-state index contributed by atoms with van der Waals surface area (Å²) in [7, 11) is 0. The highest BCUT2D eigenvalue weighted by Crippen LogP contribution is 2.24. The van der Waals surface area contributed by atoms with Gasteiger partial charge < -0.3 is 5.43 Å². The third-order valence-corrected chi connectivity index (χ3v) is 2.32. The second-order valence-electron chi connectivity index (χ2n) is 5.06. The Kier molecular flexibility index (Phi) is 4.16. The summed E-state index contributed by atoms with van der Waals surface area (Å²) < 4.78 is 36.5. The van der Waals surface area contributed by atoms with Gasteiger partial charge in [0.2, 0.25) is 0 Å². The first-order valence-corrected chi connectivity index (χ1v) is 5.53. The third kappa shape index (κ3) is 4.48. The van der Waals surface area contributed by atoms with E-state index >= 15 is 0 Å². The van der Waals surface area contributed by atoms with Gasteiger partial charge in [0.15, 0.2) is 0 Å². The van der Waals surface area contributed by atoms with E-state index in [-0.39, 0.29) is 17.7 Å². The lowest BCUT2D eigenvalue weighted by Gasteiger charge is -2.19. The van der Waals surface area contributed by atoms with Crippen LogP contribution in [0.1, 0.15) is 38.7 Å². The Hall–Kier alpha value is -1.37. The molecule has 0 saturated heterocycles. The number of alkyl halides is 3. The quantitative estimate of drug-likeness (QED) is 0.649. The zero-order valence-electron chi connectivity index (χ0n) is 10.6. The molecule has 0 radical (unpaired) electrons. The van der Waals surface area contributed by atoms with E-state index in [9.17, 15) is 13.2 Å². The number of nitrogens with zero attached hydrogens (tertiary/aromatic N) is 2. The van der Waals surface area contributed by atoms with Crippen LogP contribution in [0.2, 0.25) is 0 Å². The van der Waals surface area contributed by atoms with Crippen molar-refractivity contribution in [2.75, 3.05) is 5.43 Å². The first kappa shape index (κ1) is 14.7. The molecule has 7 heteroatoms. The lowest BCUT2D eigenvalue weighted by Crippen LogP contribution is -2.19. The van der Waals surface area contributed by atoms with E-state index in [2.05, 4.69) is 15.4 Å². The summed E-state index contributed by atoms with van der Waals surface area (Å²) >= 11 is 0. The average molecular weight is 262 g/mol. The van der Waals surface area contributed by atoms with Gasteiger partial charge in [0.1, 0.15) is 11.6 Å². The van der Waals surface area contributed by atoms with Gasteiger partial charge in [-0.1, -0.05) is 20.8 Å². The molecule has 0 fully saturated rings. The molecule has 18 heavy (non-hydrogen) atoms. The molecule has 3 N–H and O–H groups in total. The molecule has 1 rings (SSSR count). The number of anilines is 1. The summed E-state index contributed by atoms with van der Waals surface area (Å²) in [5, 5.41) is 0. The highest BCUT2D eigenvalue weighted by molar-refractivity contribution is 5.36. The Morgan fingerprint density at radius 1 is 1.22 bits per heavy atom. The molecule has 0 aliphatic heterocycles. The fourth-order valence-electron chi connectivity index (χ4n) is 1.32. The van der Waals surface area contributed by atoms with Crippen LogP contribution in [-0.2, 0) is 11.8 Å². The molecule has 0 aliphatic rings. The summed E-state index contributed by atoms with van der Waals surface area (Å²) in [5.41, 5.74) is 2.72. The summed E-state index contributed by atoms with van der Waals surface area (Å²) in [4.78, 5) is 8.07. The molecular weight excluding hydrogens is 245 g/mol. The van der Waals surface area contributed by atoms with Crippen LogP contribution in [-0.4, -0.2) is 16.1 Å². The molecule has 1 aromatic rings. The highest BCUT2D eigenvalue weighted by Gasteiger charge is 2.27. The van der Waals surface area contributed by atoms with Gasteiger partial charge in [-0.3, -0.25) is 0 Å². The van der Waals surface area contributed by atoms with Gasteiger partial charge in [0.05, 0.1) is 12.1 Å². The van der Waals surface area contributed by atoms with E-state index in [0.29, 0.717) is 11.5 Å². The van der Waals surface area contributed by atoms with E-state index in [1.54, 1.807) is 6.07 Å². The minimum absolute atomic E-state index is 0.146. The Morgan fingerprint density at radius 3 is 2.28 bits per heavy atom. The van der Waals surface area contributed by atoms with Crippen molar-refractivity contribution in [2.45, 2.75) is 45.2 Å². The number of nitrogen functional groups attached to an aromatic ring is 1. The monoisotopic (exact) mass is 262 g/mol. The van der Waals surface area contributed by atoms with Crippen LogP contribution in [0.5, 0.6) is 0 Å². The molecule has 0 aromatic carbocycles. The van der Waals surface area contributed by atoms with Crippen LogP contribution in [0.25, 0.3) is 0 Å². The van der Waals surface area contributed by atoms with Gasteiger partial charge in [0.25, 0.3) is 0 Å². The summed E-state index contributed by atoms with van der Waals surface area (Å²) in [5.74, 6) is 5.72. The minimum Gasteiger partial charge on any atom is -0.308 e. The van der Waals surface area contributed by atoms with Gasteiger partial charge >= 0.3 is 6.18 Å². The summed E-state index contributed by atoms with van der Waals surface area (Å²) in [6.45, 7) is 5.76. The predicted octanol–water partition coefficient (Wildman–Crippen LogP) is 2.55. The number of nitrogens with one attached hydrogen (secondary N) is 1. The second-order valence-corrected chi connectivity index (χ2v) is 5.06. The highest BCUT2D eigenvalue weighted by atomic mass is 19.4. The van der Waals surface area contributed by atoms with E-state index in [1.807, 2.05) is 20.8 Å². The van der Waals surface area contributed by atoms with Crippen LogP contribution < -0.4 is 11.3 Å². The van der Waals surface area contributed by atoms with Gasteiger partial charge in [-0.2, -0.15) is 13.2 Å². The lowest BCUT2D eigenvalue weighted by atomic mass is 9.92. The van der Waals surface area contributed by atoms with E-state index in [0.717, 1.165) is 0 Å². The topological polar surface area (TPSA) is 63.8 Å². The SMILES string of the molecule is CC(C)(C)c1cc(NN)nc(CCC(F)(F)F)n1. The van der Waals surface area contributed by atoms with Crippen LogP contribution in [0.3, 0.4) is 0 Å². The van der Waals surface area contributed by atoms with Crippen molar-refractivity contribution < 1.29 is 13.2 Å². The molecule has 0 unspecified atom stereocenters. The zero-order chi connectivity index (χ0) is 14.0. The fraction of sp³-hybridized carbons (Fsp3) is 0.636. The van der Waals surface area contributed by atoms with Crippen molar-refractivity contribution >= 4 is 5.82 Å². The van der Waals surface area contributed by atoms with E-state index in [4.69, 9.17) is 5.84 Å². The Labute approximate surface area is 104 Å². The van der Waals surface area contributed by atoms with Crippen LogP contribution >= 0.6 is 0 Å². The normalized spacial score (nSPS) is 12.6. The molecule has 1 aromatic heterocycles. The molecule has 1 heterocycles. The van der Waals surface area contributed by atoms with Crippen molar-refractivity contribution in [2.24, 2.45) is 5.84 Å². The second kappa shape index (κ2) is 5.09. The smallest absolute Gasteiger partial charge is 0.308 e. The third-order valence-electron chi connectivity index (χ3n) is 2.32. The number of hydrogen-bond acceptors (Lipinski definition) is 4. The van der Waals surface area contributed by atoms with Gasteiger partial charge in [-0.15, -0.1) is 0 Å². The summed E-state index contributed by atoms with van der Waals surface area (Å²) in [6.07, 6.45) is -5.40. The Balaban J connectivity index is 2.98. The zero-order valence-corrected chi connectivity index (χ0v) is 10.6. The van der Waals surface area contributed by atoms with Crippen molar-refractivity contribution in [3.05, 3.63) is 17.6 Å². The first-order valence-electron chi connectivity index (χ1n) is 5.53. The Morgan fingerprint density at radius 2 is 1.83 bits per heavy atom. The maximum Gasteiger partial charge on any atom is 0.389 e. The van der Waals surface area contributed by atoms with Crippen molar-refractivity contribution in [3.63, 3.8) is 0 Å². The first-order chi connectivity index (χ1) is 8.12. The minimum atomic E-state index is -4.21. The molecule has 0 spiro atoms. The van der Waals surface area contributed by atoms with Crippen LogP contribution in [0, 0.1) is 0 Å². The molecule has 4 nitrogen and oxygen atoms in total. The lowest BCUT2D eigenvalue weighted by molar-refractivity contribution is -0.134.